The van der Waals surface area contributed by atoms with Crippen LogP contribution in [0.15, 0.2) is 30.3 Å². The lowest BCUT2D eigenvalue weighted by Gasteiger charge is -2.35. The molecule has 154 valence electrons. The molecule has 2 N–H and O–H groups in total. The van der Waals surface area contributed by atoms with Crippen molar-refractivity contribution in [2.75, 3.05) is 0 Å². The first-order valence-electron chi connectivity index (χ1n) is 9.92. The molecule has 4 atom stereocenters. The molecule has 1 aliphatic rings. The second-order valence-corrected chi connectivity index (χ2v) is 8.02. The summed E-state index contributed by atoms with van der Waals surface area (Å²) in [5.74, 6) is -1.64. The monoisotopic (exact) mass is 406 g/mol. The second-order valence-electron chi connectivity index (χ2n) is 7.40. The van der Waals surface area contributed by atoms with Crippen LogP contribution in [0.25, 0.3) is 0 Å². The number of likely N-dealkylation sites (tertiary alicyclic amines) is 1. The van der Waals surface area contributed by atoms with E-state index in [-0.39, 0.29) is 17.9 Å². The van der Waals surface area contributed by atoms with Gasteiger partial charge >= 0.3 is 5.97 Å². The molecular weight excluding hydrogens is 376 g/mol. The zero-order valence-corrected chi connectivity index (χ0v) is 17.4. The fraction of sp³-hybridized carbons (Fsp3) is 0.571. The maximum Gasteiger partial charge on any atom is 0.326 e. The van der Waals surface area contributed by atoms with Gasteiger partial charge in [0.2, 0.25) is 11.8 Å². The van der Waals surface area contributed by atoms with Gasteiger partial charge in [0, 0.05) is 6.04 Å². The Morgan fingerprint density at radius 2 is 1.96 bits per heavy atom. The van der Waals surface area contributed by atoms with E-state index in [2.05, 4.69) is 17.9 Å². The molecule has 28 heavy (non-hydrogen) atoms. The molecule has 7 heteroatoms. The van der Waals surface area contributed by atoms with Gasteiger partial charge < -0.3 is 15.3 Å². The quantitative estimate of drug-likeness (QED) is 0.579. The fourth-order valence-corrected chi connectivity index (χ4v) is 4.04. The number of thiol groups is 1. The highest BCUT2D eigenvalue weighted by molar-refractivity contribution is 7.81. The standard InChI is InChI=1S/C21H30N2O4S/c1-3-8-16-11-7-12-17(20(25)23(16)14(2)21(26)27)22-19(24)18(28)13-15-9-5-4-6-10-15/h4-6,9-10,14,16-18,28H,3,7-8,11-13H2,1-2H3,(H,22,24)(H,26,27)/t14-,16-,17-,18-/m0/s1. The number of hydrogen-bond acceptors (Lipinski definition) is 4. The van der Waals surface area contributed by atoms with Gasteiger partial charge in [0.1, 0.15) is 12.1 Å². The van der Waals surface area contributed by atoms with Crippen molar-refractivity contribution >= 4 is 30.4 Å². The molecule has 2 amide bonds. The minimum atomic E-state index is -1.03. The van der Waals surface area contributed by atoms with E-state index in [0.717, 1.165) is 31.2 Å². The number of nitrogens with zero attached hydrogens (tertiary/aromatic N) is 1. The van der Waals surface area contributed by atoms with Gasteiger partial charge in [-0.2, -0.15) is 12.6 Å². The largest absolute Gasteiger partial charge is 0.480 e. The van der Waals surface area contributed by atoms with Crippen LogP contribution >= 0.6 is 12.6 Å². The van der Waals surface area contributed by atoms with E-state index in [1.54, 1.807) is 0 Å². The number of carbonyl (C=O) groups is 3. The van der Waals surface area contributed by atoms with E-state index in [1.807, 2.05) is 37.3 Å². The van der Waals surface area contributed by atoms with E-state index >= 15 is 0 Å². The summed E-state index contributed by atoms with van der Waals surface area (Å²) in [5.41, 5.74) is 0.994. The molecule has 1 saturated heterocycles. The SMILES string of the molecule is CCC[C@H]1CCC[C@H](NC(=O)[C@@H](S)Cc2ccccc2)C(=O)N1[C@@H](C)C(=O)O. The average molecular weight is 407 g/mol. The second kappa shape index (κ2) is 10.5. The van der Waals surface area contributed by atoms with E-state index in [1.165, 1.54) is 11.8 Å². The van der Waals surface area contributed by atoms with Crippen molar-refractivity contribution in [3.8, 4) is 0 Å². The Morgan fingerprint density at radius 1 is 1.29 bits per heavy atom. The molecule has 1 aromatic carbocycles. The maximum atomic E-state index is 13.1. The Morgan fingerprint density at radius 3 is 2.57 bits per heavy atom. The van der Waals surface area contributed by atoms with Crippen molar-refractivity contribution in [3.05, 3.63) is 35.9 Å². The Balaban J connectivity index is 2.10. The summed E-state index contributed by atoms with van der Waals surface area (Å²) in [6, 6.07) is 7.84. The fourth-order valence-electron chi connectivity index (χ4n) is 3.75. The highest BCUT2D eigenvalue weighted by atomic mass is 32.1. The zero-order valence-electron chi connectivity index (χ0n) is 16.5. The van der Waals surface area contributed by atoms with Gasteiger partial charge in [0.15, 0.2) is 0 Å². The first kappa shape index (κ1) is 22.3. The van der Waals surface area contributed by atoms with Gasteiger partial charge in [-0.3, -0.25) is 9.59 Å². The van der Waals surface area contributed by atoms with Crippen molar-refractivity contribution in [3.63, 3.8) is 0 Å². The molecule has 1 aliphatic heterocycles. The van der Waals surface area contributed by atoms with Crippen molar-refractivity contribution < 1.29 is 19.5 Å². The highest BCUT2D eigenvalue weighted by Gasteiger charge is 2.38. The summed E-state index contributed by atoms with van der Waals surface area (Å²) in [6.45, 7) is 3.55. The van der Waals surface area contributed by atoms with Crippen molar-refractivity contribution in [1.29, 1.82) is 0 Å². The van der Waals surface area contributed by atoms with Crippen LogP contribution in [-0.4, -0.2) is 51.2 Å². The van der Waals surface area contributed by atoms with Crippen molar-refractivity contribution in [1.82, 2.24) is 10.2 Å². The van der Waals surface area contributed by atoms with Crippen LogP contribution < -0.4 is 5.32 Å². The smallest absolute Gasteiger partial charge is 0.326 e. The van der Waals surface area contributed by atoms with Gasteiger partial charge in [-0.15, -0.1) is 0 Å². The summed E-state index contributed by atoms with van der Waals surface area (Å²) in [5, 5.41) is 11.7. The summed E-state index contributed by atoms with van der Waals surface area (Å²) in [7, 11) is 0. The molecule has 0 aliphatic carbocycles. The number of carbonyl (C=O) groups excluding carboxylic acids is 2. The Bertz CT molecular complexity index is 682. The summed E-state index contributed by atoms with van der Waals surface area (Å²) >= 11 is 4.41. The first-order chi connectivity index (χ1) is 13.3. The van der Waals surface area contributed by atoms with Crippen molar-refractivity contribution in [2.45, 2.75) is 75.7 Å². The minimum absolute atomic E-state index is 0.110. The molecule has 6 nitrogen and oxygen atoms in total. The number of hydrogen-bond donors (Lipinski definition) is 3. The van der Waals surface area contributed by atoms with Crippen LogP contribution in [0, 0.1) is 0 Å². The van der Waals surface area contributed by atoms with Crippen LogP contribution in [-0.2, 0) is 20.8 Å². The lowest BCUT2D eigenvalue weighted by molar-refractivity contribution is -0.152. The molecule has 1 aromatic rings. The van der Waals surface area contributed by atoms with Crippen LogP contribution in [0.5, 0.6) is 0 Å². The van der Waals surface area contributed by atoms with Gasteiger partial charge in [0.25, 0.3) is 0 Å². The number of nitrogens with one attached hydrogen (secondary N) is 1. The number of amides is 2. The topological polar surface area (TPSA) is 86.7 Å². The molecule has 0 saturated carbocycles. The predicted octanol–water partition coefficient (Wildman–Crippen LogP) is 2.67. The minimum Gasteiger partial charge on any atom is -0.480 e. The molecule has 0 unspecified atom stereocenters. The Hall–Kier alpha value is -2.02. The van der Waals surface area contributed by atoms with Gasteiger partial charge in [0.05, 0.1) is 5.25 Å². The van der Waals surface area contributed by atoms with E-state index in [9.17, 15) is 19.5 Å². The molecule has 0 radical (unpaired) electrons. The van der Waals surface area contributed by atoms with E-state index in [4.69, 9.17) is 0 Å². The van der Waals surface area contributed by atoms with Crippen LogP contribution in [0.3, 0.4) is 0 Å². The van der Waals surface area contributed by atoms with E-state index < -0.39 is 23.3 Å². The first-order valence-corrected chi connectivity index (χ1v) is 10.4. The van der Waals surface area contributed by atoms with Gasteiger partial charge in [-0.25, -0.2) is 4.79 Å². The summed E-state index contributed by atoms with van der Waals surface area (Å²) < 4.78 is 0. The Kier molecular flexibility index (Phi) is 8.35. The lowest BCUT2D eigenvalue weighted by atomic mass is 10.0. The number of carboxylic acids is 1. The number of benzene rings is 1. The molecule has 0 bridgehead atoms. The number of aliphatic carboxylic acids is 1. The number of carboxylic acid groups (broad SMARTS) is 1. The molecular formula is C21H30N2O4S. The van der Waals surface area contributed by atoms with Crippen LogP contribution in [0.4, 0.5) is 0 Å². The molecule has 0 spiro atoms. The van der Waals surface area contributed by atoms with Gasteiger partial charge in [-0.05, 0) is 44.6 Å². The lowest BCUT2D eigenvalue weighted by Crippen LogP contribution is -2.56. The average Bonchev–Trinajstić information content (AvgIpc) is 2.81. The maximum absolute atomic E-state index is 13.1. The zero-order chi connectivity index (χ0) is 20.7. The Labute approximate surface area is 172 Å². The highest BCUT2D eigenvalue weighted by Crippen LogP contribution is 2.24. The van der Waals surface area contributed by atoms with E-state index in [0.29, 0.717) is 12.8 Å². The number of rotatable bonds is 8. The van der Waals surface area contributed by atoms with Crippen LogP contribution in [0.2, 0.25) is 0 Å². The molecule has 2 rings (SSSR count). The third kappa shape index (κ3) is 5.74. The van der Waals surface area contributed by atoms with Crippen LogP contribution in [0.1, 0.15) is 51.5 Å². The molecule has 1 heterocycles. The third-order valence-corrected chi connectivity index (χ3v) is 5.68. The molecule has 0 aromatic heterocycles. The van der Waals surface area contributed by atoms with Crippen molar-refractivity contribution in [2.24, 2.45) is 0 Å². The normalized spacial score (nSPS) is 22.2. The summed E-state index contributed by atoms with van der Waals surface area (Å²) in [6.07, 6.45) is 4.11. The predicted molar refractivity (Wildman–Crippen MR) is 111 cm³/mol. The van der Waals surface area contributed by atoms with Gasteiger partial charge in [-0.1, -0.05) is 43.7 Å². The molecule has 1 fully saturated rings. The summed E-state index contributed by atoms with van der Waals surface area (Å²) in [4.78, 5) is 38.8. The third-order valence-electron chi connectivity index (χ3n) is 5.26.